The van der Waals surface area contributed by atoms with E-state index in [1.165, 1.54) is 33.5 Å². The number of furan rings is 1. The van der Waals surface area contributed by atoms with E-state index in [0.29, 0.717) is 6.04 Å². The van der Waals surface area contributed by atoms with Crippen molar-refractivity contribution in [3.8, 4) is 0 Å². The van der Waals surface area contributed by atoms with Gasteiger partial charge in [-0.25, -0.2) is 0 Å². The van der Waals surface area contributed by atoms with Crippen molar-refractivity contribution >= 4 is 10.9 Å². The van der Waals surface area contributed by atoms with Crippen molar-refractivity contribution in [1.29, 1.82) is 0 Å². The summed E-state index contributed by atoms with van der Waals surface area (Å²) in [6, 6.07) is 11.4. The smallest absolute Gasteiger partial charge is 0.124 e. The van der Waals surface area contributed by atoms with E-state index in [0.717, 1.165) is 38.1 Å². The maximum Gasteiger partial charge on any atom is 0.124 e. The summed E-state index contributed by atoms with van der Waals surface area (Å²) in [6.45, 7) is 4.31. The third kappa shape index (κ3) is 1.66. The molecule has 0 bridgehead atoms. The van der Waals surface area contributed by atoms with E-state index >= 15 is 0 Å². The molecule has 0 spiro atoms. The zero-order valence-electron chi connectivity index (χ0n) is 12.9. The lowest BCUT2D eigenvalue weighted by molar-refractivity contribution is 0.136. The number of nitrogens with one attached hydrogen (secondary N) is 1. The van der Waals surface area contributed by atoms with E-state index in [2.05, 4.69) is 47.1 Å². The Hall–Kier alpha value is -2.00. The summed E-state index contributed by atoms with van der Waals surface area (Å²) >= 11 is 0. The minimum absolute atomic E-state index is 0.413. The number of H-pyrrole nitrogens is 1. The van der Waals surface area contributed by atoms with Crippen LogP contribution in [0.25, 0.3) is 10.9 Å². The molecule has 22 heavy (non-hydrogen) atoms. The van der Waals surface area contributed by atoms with Gasteiger partial charge in [0.2, 0.25) is 0 Å². The van der Waals surface area contributed by atoms with Gasteiger partial charge in [0, 0.05) is 36.1 Å². The van der Waals surface area contributed by atoms with Crippen molar-refractivity contribution < 1.29 is 4.42 Å². The molecule has 0 saturated carbocycles. The Balaban J connectivity index is 1.63. The van der Waals surface area contributed by atoms with Crippen LogP contribution in [0.5, 0.6) is 0 Å². The SMILES string of the molecule is CCc1cc2c(o1)[C@@H]1Cc3c([nH]c4ccccc34)CN1CC2. The molecule has 1 N–H and O–H groups in total. The average Bonchev–Trinajstić information content (AvgIpc) is 3.13. The second kappa shape index (κ2) is 4.50. The third-order valence-corrected chi connectivity index (χ3v) is 5.31. The number of aromatic nitrogens is 1. The first kappa shape index (κ1) is 12.5. The Morgan fingerprint density at radius 1 is 1.32 bits per heavy atom. The van der Waals surface area contributed by atoms with Crippen LogP contribution in [0.1, 0.15) is 41.3 Å². The highest BCUT2D eigenvalue weighted by Gasteiger charge is 2.36. The number of para-hydroxylation sites is 1. The van der Waals surface area contributed by atoms with Crippen LogP contribution in [-0.4, -0.2) is 16.4 Å². The molecule has 3 aromatic rings. The van der Waals surface area contributed by atoms with Gasteiger partial charge in [-0.2, -0.15) is 0 Å². The molecule has 3 heteroatoms. The number of aromatic amines is 1. The van der Waals surface area contributed by atoms with Crippen molar-refractivity contribution in [2.45, 2.75) is 38.8 Å². The normalized spacial score (nSPS) is 20.7. The molecule has 5 rings (SSSR count). The third-order valence-electron chi connectivity index (χ3n) is 5.31. The zero-order valence-corrected chi connectivity index (χ0v) is 12.9. The van der Waals surface area contributed by atoms with E-state index in [9.17, 15) is 0 Å². The molecule has 112 valence electrons. The number of rotatable bonds is 1. The molecule has 1 atom stereocenters. The number of nitrogens with zero attached hydrogens (tertiary/aromatic N) is 1. The highest BCUT2D eigenvalue weighted by molar-refractivity contribution is 5.85. The minimum atomic E-state index is 0.413. The fourth-order valence-corrected chi connectivity index (χ4v) is 4.17. The lowest BCUT2D eigenvalue weighted by Gasteiger charge is -2.38. The van der Waals surface area contributed by atoms with E-state index < -0.39 is 0 Å². The molecule has 0 aliphatic carbocycles. The van der Waals surface area contributed by atoms with Gasteiger partial charge in [-0.1, -0.05) is 25.1 Å². The van der Waals surface area contributed by atoms with Gasteiger partial charge >= 0.3 is 0 Å². The Morgan fingerprint density at radius 2 is 2.23 bits per heavy atom. The van der Waals surface area contributed by atoms with E-state index in [1.807, 2.05) is 0 Å². The van der Waals surface area contributed by atoms with E-state index in [4.69, 9.17) is 4.42 Å². The molecule has 0 saturated heterocycles. The monoisotopic (exact) mass is 292 g/mol. The summed E-state index contributed by atoms with van der Waals surface area (Å²) in [7, 11) is 0. The first-order valence-corrected chi connectivity index (χ1v) is 8.27. The Bertz CT molecular complexity index is 858. The first-order valence-electron chi connectivity index (χ1n) is 8.27. The number of hydrogen-bond acceptors (Lipinski definition) is 2. The predicted molar refractivity (Wildman–Crippen MR) is 86.9 cm³/mol. The van der Waals surface area contributed by atoms with Gasteiger partial charge in [-0.15, -0.1) is 0 Å². The fourth-order valence-electron chi connectivity index (χ4n) is 4.17. The average molecular weight is 292 g/mol. The largest absolute Gasteiger partial charge is 0.464 e. The summed E-state index contributed by atoms with van der Waals surface area (Å²) < 4.78 is 6.18. The number of aryl methyl sites for hydroxylation is 1. The molecule has 2 aliphatic rings. The second-order valence-corrected chi connectivity index (χ2v) is 6.52. The highest BCUT2D eigenvalue weighted by Crippen LogP contribution is 2.41. The summed E-state index contributed by atoms with van der Waals surface area (Å²) in [4.78, 5) is 6.19. The van der Waals surface area contributed by atoms with Crippen LogP contribution in [0.3, 0.4) is 0 Å². The topological polar surface area (TPSA) is 32.2 Å². The summed E-state index contributed by atoms with van der Waals surface area (Å²) in [5, 5.41) is 1.38. The van der Waals surface area contributed by atoms with Crippen molar-refractivity contribution in [2.24, 2.45) is 0 Å². The van der Waals surface area contributed by atoms with Crippen LogP contribution in [0.15, 0.2) is 34.7 Å². The van der Waals surface area contributed by atoms with Crippen molar-refractivity contribution in [1.82, 2.24) is 9.88 Å². The molecule has 1 aromatic carbocycles. The van der Waals surface area contributed by atoms with Crippen molar-refractivity contribution in [3.63, 3.8) is 0 Å². The van der Waals surface area contributed by atoms with Gasteiger partial charge in [0.1, 0.15) is 11.5 Å². The lowest BCUT2D eigenvalue weighted by atomic mass is 9.90. The van der Waals surface area contributed by atoms with Crippen molar-refractivity contribution in [3.05, 3.63) is 58.7 Å². The highest BCUT2D eigenvalue weighted by atomic mass is 16.3. The van der Waals surface area contributed by atoms with Gasteiger partial charge in [-0.3, -0.25) is 4.90 Å². The maximum absolute atomic E-state index is 6.18. The molecular formula is C19H20N2O. The van der Waals surface area contributed by atoms with Gasteiger partial charge in [0.15, 0.2) is 0 Å². The molecule has 0 amide bonds. The van der Waals surface area contributed by atoms with Crippen LogP contribution in [0.2, 0.25) is 0 Å². The Labute approximate surface area is 129 Å². The lowest BCUT2D eigenvalue weighted by Crippen LogP contribution is -2.38. The molecule has 0 radical (unpaired) electrons. The molecule has 3 nitrogen and oxygen atoms in total. The molecule has 2 aromatic heterocycles. The summed E-state index contributed by atoms with van der Waals surface area (Å²) in [6.07, 6.45) is 3.16. The summed E-state index contributed by atoms with van der Waals surface area (Å²) in [5.41, 5.74) is 5.57. The van der Waals surface area contributed by atoms with Crippen LogP contribution >= 0.6 is 0 Å². The minimum Gasteiger partial charge on any atom is -0.464 e. The van der Waals surface area contributed by atoms with Gasteiger partial charge in [-0.05, 0) is 36.1 Å². The Morgan fingerprint density at radius 3 is 3.14 bits per heavy atom. The van der Waals surface area contributed by atoms with Gasteiger partial charge in [0.05, 0.1) is 6.04 Å². The maximum atomic E-state index is 6.18. The second-order valence-electron chi connectivity index (χ2n) is 6.52. The van der Waals surface area contributed by atoms with Crippen LogP contribution in [-0.2, 0) is 25.8 Å². The van der Waals surface area contributed by atoms with Crippen LogP contribution in [0.4, 0.5) is 0 Å². The van der Waals surface area contributed by atoms with Gasteiger partial charge in [0.25, 0.3) is 0 Å². The number of benzene rings is 1. The van der Waals surface area contributed by atoms with Crippen LogP contribution in [0, 0.1) is 0 Å². The van der Waals surface area contributed by atoms with Crippen LogP contribution < -0.4 is 0 Å². The number of fused-ring (bicyclic) bond motifs is 6. The first-order chi connectivity index (χ1) is 10.8. The molecule has 2 aliphatic heterocycles. The summed E-state index contributed by atoms with van der Waals surface area (Å²) in [5.74, 6) is 2.36. The molecule has 4 heterocycles. The molecule has 0 fully saturated rings. The van der Waals surface area contributed by atoms with Gasteiger partial charge < -0.3 is 9.40 Å². The van der Waals surface area contributed by atoms with Crippen molar-refractivity contribution in [2.75, 3.05) is 6.54 Å². The standard InChI is InChI=1S/C19H20N2O/c1-2-13-9-12-7-8-21-11-17-15(10-18(21)19(12)22-13)14-5-3-4-6-16(14)20-17/h3-6,9,18,20H,2,7-8,10-11H2,1H3/t18-/m0/s1. The predicted octanol–water partition coefficient (Wildman–Crippen LogP) is 3.98. The Kier molecular flexibility index (Phi) is 2.56. The quantitative estimate of drug-likeness (QED) is 0.736. The fraction of sp³-hybridized carbons (Fsp3) is 0.368. The molecule has 0 unspecified atom stereocenters. The van der Waals surface area contributed by atoms with E-state index in [1.54, 1.807) is 0 Å². The zero-order chi connectivity index (χ0) is 14.7. The molecular weight excluding hydrogens is 272 g/mol. The van der Waals surface area contributed by atoms with E-state index in [-0.39, 0.29) is 0 Å². The number of hydrogen-bond donors (Lipinski definition) is 1.